The summed E-state index contributed by atoms with van der Waals surface area (Å²) in [7, 11) is 0. The van der Waals surface area contributed by atoms with Crippen LogP contribution in [0.4, 0.5) is 8.78 Å². The lowest BCUT2D eigenvalue weighted by Crippen LogP contribution is -2.24. The quantitative estimate of drug-likeness (QED) is 0.638. The van der Waals surface area contributed by atoms with Crippen LogP contribution >= 0.6 is 0 Å². The zero-order valence-corrected chi connectivity index (χ0v) is 6.50. The maximum absolute atomic E-state index is 12.6. The van der Waals surface area contributed by atoms with Gasteiger partial charge in [0.2, 0.25) is 0 Å². The van der Waals surface area contributed by atoms with Crippen molar-refractivity contribution in [3.63, 3.8) is 0 Å². The van der Waals surface area contributed by atoms with Crippen LogP contribution in [0.25, 0.3) is 0 Å². The fourth-order valence-electron chi connectivity index (χ4n) is 0.689. The zero-order chi connectivity index (χ0) is 8.85. The molecule has 3 unspecified atom stereocenters. The molecule has 0 aromatic heterocycles. The Morgan fingerprint density at radius 2 is 1.82 bits per heavy atom. The summed E-state index contributed by atoms with van der Waals surface area (Å²) in [6.45, 7) is 0.454. The topological polar surface area (TPSA) is 40.5 Å². The molecular formula is C7H14F2O2. The summed E-state index contributed by atoms with van der Waals surface area (Å²) in [5, 5.41) is 17.3. The van der Waals surface area contributed by atoms with Crippen molar-refractivity contribution >= 4 is 0 Å². The van der Waals surface area contributed by atoms with E-state index in [0.717, 1.165) is 0 Å². The fourth-order valence-corrected chi connectivity index (χ4v) is 0.689. The van der Waals surface area contributed by atoms with Gasteiger partial charge in [-0.05, 0) is 19.8 Å². The Morgan fingerprint density at radius 3 is 2.18 bits per heavy atom. The number of aliphatic hydroxyl groups is 2. The third kappa shape index (κ3) is 5.09. The van der Waals surface area contributed by atoms with Gasteiger partial charge in [-0.1, -0.05) is 0 Å². The smallest absolute Gasteiger partial charge is 0.129 e. The van der Waals surface area contributed by atoms with Crippen LogP contribution in [-0.4, -0.2) is 35.3 Å². The van der Waals surface area contributed by atoms with Crippen LogP contribution < -0.4 is 0 Å². The highest BCUT2D eigenvalue weighted by molar-refractivity contribution is 4.67. The minimum atomic E-state index is -1.56. The predicted octanol–water partition coefficient (Wildman–Crippen LogP) is 0.816. The van der Waals surface area contributed by atoms with E-state index in [1.807, 2.05) is 0 Å². The highest BCUT2D eigenvalue weighted by Gasteiger charge is 2.17. The molecule has 68 valence electrons. The molecule has 0 aromatic carbocycles. The molecule has 0 aliphatic rings. The zero-order valence-electron chi connectivity index (χ0n) is 6.50. The average molecular weight is 168 g/mol. The van der Waals surface area contributed by atoms with Crippen LogP contribution in [0.2, 0.25) is 0 Å². The molecule has 0 saturated heterocycles. The Hall–Kier alpha value is -0.220. The van der Waals surface area contributed by atoms with Crippen molar-refractivity contribution in [3.8, 4) is 0 Å². The van der Waals surface area contributed by atoms with E-state index in [1.165, 1.54) is 6.92 Å². The molecule has 0 spiro atoms. The Balaban J connectivity index is 3.43. The van der Waals surface area contributed by atoms with E-state index in [4.69, 9.17) is 10.2 Å². The molecular weight excluding hydrogens is 154 g/mol. The van der Waals surface area contributed by atoms with Crippen LogP contribution in [0.5, 0.6) is 0 Å². The van der Waals surface area contributed by atoms with Crippen molar-refractivity contribution in [1.29, 1.82) is 0 Å². The molecule has 3 atom stereocenters. The van der Waals surface area contributed by atoms with Gasteiger partial charge in [-0.15, -0.1) is 0 Å². The Kier molecular flexibility index (Phi) is 5.32. The molecule has 4 heteroatoms. The fraction of sp³-hybridized carbons (Fsp3) is 1.00. The first-order valence-electron chi connectivity index (χ1n) is 3.64. The van der Waals surface area contributed by atoms with E-state index in [-0.39, 0.29) is 12.8 Å². The number of alkyl halides is 2. The lowest BCUT2D eigenvalue weighted by atomic mass is 10.1. The van der Waals surface area contributed by atoms with Crippen molar-refractivity contribution in [2.75, 3.05) is 6.67 Å². The van der Waals surface area contributed by atoms with Crippen LogP contribution in [0.3, 0.4) is 0 Å². The van der Waals surface area contributed by atoms with Crippen LogP contribution in [-0.2, 0) is 0 Å². The van der Waals surface area contributed by atoms with Crippen molar-refractivity contribution in [3.05, 3.63) is 0 Å². The highest BCUT2D eigenvalue weighted by atomic mass is 19.1. The number of hydrogen-bond acceptors (Lipinski definition) is 2. The number of hydrogen-bond donors (Lipinski definition) is 2. The third-order valence-corrected chi connectivity index (χ3v) is 1.44. The Labute approximate surface area is 64.8 Å². The molecule has 0 radical (unpaired) electrons. The first kappa shape index (κ1) is 10.8. The standard InChI is InChI=1S/C7H14F2O2/c1-5(10)2-3-6(9)7(11)4-8/h5-7,10-11H,2-4H2,1H3. The lowest BCUT2D eigenvalue weighted by molar-refractivity contribution is 0.0436. The van der Waals surface area contributed by atoms with Crippen molar-refractivity contribution in [2.45, 2.75) is 38.1 Å². The summed E-state index contributed by atoms with van der Waals surface area (Å²) in [4.78, 5) is 0. The van der Waals surface area contributed by atoms with Crippen LogP contribution in [0.1, 0.15) is 19.8 Å². The molecule has 0 fully saturated rings. The van der Waals surface area contributed by atoms with Crippen LogP contribution in [0, 0.1) is 0 Å². The number of rotatable bonds is 5. The summed E-state index contributed by atoms with van der Waals surface area (Å²) < 4.78 is 24.2. The Bertz CT molecular complexity index is 98.4. The second kappa shape index (κ2) is 5.43. The van der Waals surface area contributed by atoms with Gasteiger partial charge in [-0.25, -0.2) is 8.78 Å². The normalized spacial score (nSPS) is 19.4. The molecule has 2 nitrogen and oxygen atoms in total. The molecule has 0 aliphatic carbocycles. The summed E-state index contributed by atoms with van der Waals surface area (Å²) >= 11 is 0. The van der Waals surface area contributed by atoms with Gasteiger partial charge in [-0.3, -0.25) is 0 Å². The predicted molar refractivity (Wildman–Crippen MR) is 37.8 cm³/mol. The second-order valence-corrected chi connectivity index (χ2v) is 2.66. The number of halogens is 2. The van der Waals surface area contributed by atoms with Gasteiger partial charge in [-0.2, -0.15) is 0 Å². The molecule has 0 bridgehead atoms. The van der Waals surface area contributed by atoms with E-state index >= 15 is 0 Å². The summed E-state index contributed by atoms with van der Waals surface area (Å²) in [5.41, 5.74) is 0. The molecule has 0 heterocycles. The molecule has 0 amide bonds. The van der Waals surface area contributed by atoms with Gasteiger partial charge in [0, 0.05) is 0 Å². The molecule has 0 saturated carbocycles. The van der Waals surface area contributed by atoms with Crippen molar-refractivity contribution in [2.24, 2.45) is 0 Å². The van der Waals surface area contributed by atoms with Crippen molar-refractivity contribution < 1.29 is 19.0 Å². The number of aliphatic hydroxyl groups excluding tert-OH is 2. The van der Waals surface area contributed by atoms with Gasteiger partial charge in [0.15, 0.2) is 0 Å². The van der Waals surface area contributed by atoms with E-state index in [9.17, 15) is 8.78 Å². The van der Waals surface area contributed by atoms with Gasteiger partial charge < -0.3 is 10.2 Å². The summed E-state index contributed by atoms with van der Waals surface area (Å²) in [6, 6.07) is 0. The van der Waals surface area contributed by atoms with Gasteiger partial charge in [0.05, 0.1) is 6.10 Å². The maximum Gasteiger partial charge on any atom is 0.129 e. The molecule has 0 aromatic rings. The van der Waals surface area contributed by atoms with E-state index in [0.29, 0.717) is 0 Å². The maximum atomic E-state index is 12.6. The molecule has 0 rings (SSSR count). The summed E-state index contributed by atoms with van der Waals surface area (Å²) in [6.07, 6.45) is -3.44. The van der Waals surface area contributed by atoms with E-state index in [2.05, 4.69) is 0 Å². The Morgan fingerprint density at radius 1 is 1.27 bits per heavy atom. The first-order chi connectivity index (χ1) is 5.07. The SMILES string of the molecule is CC(O)CCC(F)C(O)CF. The minimum Gasteiger partial charge on any atom is -0.393 e. The molecule has 0 aliphatic heterocycles. The first-order valence-corrected chi connectivity index (χ1v) is 3.64. The van der Waals surface area contributed by atoms with Gasteiger partial charge in [0.1, 0.15) is 19.0 Å². The second-order valence-electron chi connectivity index (χ2n) is 2.66. The highest BCUT2D eigenvalue weighted by Crippen LogP contribution is 2.09. The largest absolute Gasteiger partial charge is 0.393 e. The average Bonchev–Trinajstić information content (AvgIpc) is 1.98. The van der Waals surface area contributed by atoms with Crippen molar-refractivity contribution in [1.82, 2.24) is 0 Å². The minimum absolute atomic E-state index is 0.00273. The third-order valence-electron chi connectivity index (χ3n) is 1.44. The molecule has 11 heavy (non-hydrogen) atoms. The summed E-state index contributed by atoms with van der Waals surface area (Å²) in [5.74, 6) is 0. The van der Waals surface area contributed by atoms with Gasteiger partial charge in [0.25, 0.3) is 0 Å². The van der Waals surface area contributed by atoms with Gasteiger partial charge >= 0.3 is 0 Å². The van der Waals surface area contributed by atoms with Crippen LogP contribution in [0.15, 0.2) is 0 Å². The van der Waals surface area contributed by atoms with E-state index in [1.54, 1.807) is 0 Å². The lowest BCUT2D eigenvalue weighted by Gasteiger charge is -2.12. The molecule has 2 N–H and O–H groups in total. The van der Waals surface area contributed by atoms with E-state index < -0.39 is 25.1 Å². The monoisotopic (exact) mass is 168 g/mol.